The Kier molecular flexibility index (Phi) is 10.3. The van der Waals surface area contributed by atoms with Crippen molar-refractivity contribution in [1.82, 2.24) is 5.32 Å². The summed E-state index contributed by atoms with van der Waals surface area (Å²) in [6.45, 7) is -15.9. The summed E-state index contributed by atoms with van der Waals surface area (Å²) in [6, 6.07) is -0.627. The number of hydrogen-bond donors (Lipinski definition) is 1. The van der Waals surface area contributed by atoms with Crippen molar-refractivity contribution in [2.75, 3.05) is 60.1 Å². The number of hydrogen-bond acceptors (Lipinski definition) is 1. The smallest absolute Gasteiger partial charge is 0.111 e. The van der Waals surface area contributed by atoms with Gasteiger partial charge in [-0.2, -0.15) is 0 Å². The predicted octanol–water partition coefficient (Wildman–Crippen LogP) is 5.58. The lowest BCUT2D eigenvalue weighted by Gasteiger charge is -2.60. The average Bonchev–Trinajstić information content (AvgIpc) is 2.80. The summed E-state index contributed by atoms with van der Waals surface area (Å²) < 4.78 is 128. The molecule has 0 radical (unpaired) electrons. The van der Waals surface area contributed by atoms with Gasteiger partial charge in [-0.15, -0.1) is 0 Å². The van der Waals surface area contributed by atoms with Crippen molar-refractivity contribution >= 4 is 0 Å². The second-order valence-corrected chi connectivity index (χ2v) is 8.83. The minimum atomic E-state index is -3.31. The van der Waals surface area contributed by atoms with E-state index in [9.17, 15) is 39.5 Å². The minimum absolute atomic E-state index is 0.313. The molecule has 0 saturated heterocycles. The summed E-state index contributed by atoms with van der Waals surface area (Å²) in [5, 5.41) is 2.52. The van der Waals surface area contributed by atoms with E-state index in [2.05, 4.69) is 5.32 Å². The predicted molar refractivity (Wildman–Crippen MR) is 98.4 cm³/mol. The lowest BCUT2D eigenvalue weighted by Crippen LogP contribution is -2.76. The zero-order chi connectivity index (χ0) is 23.1. The Balaban J connectivity index is 3.69. The van der Waals surface area contributed by atoms with Gasteiger partial charge in [0.15, 0.2) is 0 Å². The standard InChI is InChI=1S/C20H32F9N/c1-15-2-4-16(5-3-15)30-20(13-28,14-29)19(11-26,12-27)18(9-24,10-25)17(6-21,7-22)8-23/h15-16,30H,2-14H2,1H3. The van der Waals surface area contributed by atoms with Crippen molar-refractivity contribution in [2.45, 2.75) is 44.2 Å². The van der Waals surface area contributed by atoms with Crippen LogP contribution in [-0.4, -0.2) is 71.7 Å². The number of rotatable bonds is 14. The molecule has 0 heterocycles. The fourth-order valence-corrected chi connectivity index (χ4v) is 4.88. The Bertz CT molecular complexity index is 472. The van der Waals surface area contributed by atoms with Crippen LogP contribution in [0.1, 0.15) is 32.6 Å². The first-order valence-electron chi connectivity index (χ1n) is 10.1. The van der Waals surface area contributed by atoms with Crippen molar-refractivity contribution in [2.24, 2.45) is 22.2 Å². The van der Waals surface area contributed by atoms with E-state index in [0.29, 0.717) is 31.6 Å². The zero-order valence-electron chi connectivity index (χ0n) is 17.2. The monoisotopic (exact) mass is 457 g/mol. The molecule has 1 aliphatic rings. The fourth-order valence-electron chi connectivity index (χ4n) is 4.88. The highest BCUT2D eigenvalue weighted by molar-refractivity contribution is 5.19. The molecular formula is C20H32F9N. The first kappa shape index (κ1) is 27.4. The van der Waals surface area contributed by atoms with E-state index in [1.165, 1.54) is 0 Å². The van der Waals surface area contributed by atoms with E-state index in [1.807, 2.05) is 6.92 Å². The maximum Gasteiger partial charge on any atom is 0.111 e. The molecule has 0 aliphatic heterocycles. The number of alkyl halides is 9. The molecule has 30 heavy (non-hydrogen) atoms. The van der Waals surface area contributed by atoms with E-state index >= 15 is 0 Å². The van der Waals surface area contributed by atoms with Crippen LogP contribution in [0.2, 0.25) is 0 Å². The number of halogens is 9. The third-order valence-corrected chi connectivity index (χ3v) is 7.48. The van der Waals surface area contributed by atoms with Crippen molar-refractivity contribution < 1.29 is 39.5 Å². The van der Waals surface area contributed by atoms with Gasteiger partial charge in [-0.1, -0.05) is 6.92 Å². The Morgan fingerprint density at radius 2 is 0.967 bits per heavy atom. The Morgan fingerprint density at radius 1 is 0.567 bits per heavy atom. The Hall–Kier alpha value is -0.670. The van der Waals surface area contributed by atoms with Crippen LogP contribution in [0.5, 0.6) is 0 Å². The van der Waals surface area contributed by atoms with Gasteiger partial charge in [0.1, 0.15) is 46.7 Å². The molecule has 1 fully saturated rings. The Morgan fingerprint density at radius 3 is 1.27 bits per heavy atom. The van der Waals surface area contributed by atoms with Crippen molar-refractivity contribution in [3.05, 3.63) is 0 Å². The molecule has 0 bridgehead atoms. The van der Waals surface area contributed by atoms with Crippen LogP contribution >= 0.6 is 0 Å². The lowest BCUT2D eigenvalue weighted by molar-refractivity contribution is -0.204. The van der Waals surface area contributed by atoms with Crippen LogP contribution in [0.25, 0.3) is 0 Å². The van der Waals surface area contributed by atoms with Crippen LogP contribution in [0.4, 0.5) is 39.5 Å². The van der Waals surface area contributed by atoms with Crippen molar-refractivity contribution in [3.63, 3.8) is 0 Å². The van der Waals surface area contributed by atoms with Gasteiger partial charge in [-0.05, 0) is 31.6 Å². The highest BCUT2D eigenvalue weighted by atomic mass is 19.2. The third-order valence-electron chi connectivity index (χ3n) is 7.48. The lowest BCUT2D eigenvalue weighted by atomic mass is 9.47. The fraction of sp³-hybridized carbons (Fsp3) is 1.00. The molecule has 1 N–H and O–H groups in total. The normalized spacial score (nSPS) is 21.8. The van der Waals surface area contributed by atoms with Crippen LogP contribution in [-0.2, 0) is 0 Å². The Labute approximate surface area is 172 Å². The number of nitrogens with one attached hydrogen (secondary N) is 1. The summed E-state index contributed by atoms with van der Waals surface area (Å²) in [6.07, 6.45) is 2.06. The maximum atomic E-state index is 14.5. The molecule has 1 aliphatic carbocycles. The van der Waals surface area contributed by atoms with Gasteiger partial charge in [0.2, 0.25) is 0 Å². The molecule has 0 aromatic carbocycles. The van der Waals surface area contributed by atoms with Crippen LogP contribution < -0.4 is 5.32 Å². The van der Waals surface area contributed by atoms with E-state index in [-0.39, 0.29) is 0 Å². The summed E-state index contributed by atoms with van der Waals surface area (Å²) >= 11 is 0. The summed E-state index contributed by atoms with van der Waals surface area (Å²) in [4.78, 5) is 0. The topological polar surface area (TPSA) is 12.0 Å². The van der Waals surface area contributed by atoms with Crippen LogP contribution in [0.15, 0.2) is 0 Å². The molecule has 1 nitrogen and oxygen atoms in total. The molecule has 0 atom stereocenters. The van der Waals surface area contributed by atoms with Gasteiger partial charge < -0.3 is 5.32 Å². The molecule has 180 valence electrons. The van der Waals surface area contributed by atoms with Gasteiger partial charge in [0.05, 0.1) is 35.1 Å². The van der Waals surface area contributed by atoms with Crippen LogP contribution in [0, 0.1) is 22.2 Å². The van der Waals surface area contributed by atoms with E-state index < -0.39 is 87.9 Å². The first-order valence-corrected chi connectivity index (χ1v) is 10.1. The quantitative estimate of drug-likeness (QED) is 0.336. The van der Waals surface area contributed by atoms with E-state index in [4.69, 9.17) is 0 Å². The van der Waals surface area contributed by atoms with Crippen molar-refractivity contribution in [1.29, 1.82) is 0 Å². The molecule has 0 unspecified atom stereocenters. The maximum absolute atomic E-state index is 14.5. The molecule has 0 aromatic heterocycles. The molecule has 0 amide bonds. The molecule has 1 saturated carbocycles. The van der Waals surface area contributed by atoms with Gasteiger partial charge in [-0.25, -0.2) is 8.78 Å². The highest BCUT2D eigenvalue weighted by Crippen LogP contribution is 2.59. The summed E-state index contributed by atoms with van der Waals surface area (Å²) in [5.41, 5.74) is -12.5. The minimum Gasteiger partial charge on any atom is -0.303 e. The summed E-state index contributed by atoms with van der Waals surface area (Å²) in [7, 11) is 0. The van der Waals surface area contributed by atoms with Gasteiger partial charge in [0, 0.05) is 6.04 Å². The zero-order valence-corrected chi connectivity index (χ0v) is 17.2. The highest BCUT2D eigenvalue weighted by Gasteiger charge is 2.72. The molecule has 1 rings (SSSR count). The van der Waals surface area contributed by atoms with Crippen LogP contribution in [0.3, 0.4) is 0 Å². The average molecular weight is 457 g/mol. The van der Waals surface area contributed by atoms with Crippen molar-refractivity contribution in [3.8, 4) is 0 Å². The van der Waals surface area contributed by atoms with E-state index in [0.717, 1.165) is 0 Å². The second kappa shape index (κ2) is 11.3. The van der Waals surface area contributed by atoms with Gasteiger partial charge in [-0.3, -0.25) is 30.7 Å². The SMILES string of the molecule is CC1CCC(NC(CF)(CF)C(CF)(CF)C(CF)(CF)C(CF)(CF)CF)CC1. The molecule has 10 heteroatoms. The largest absolute Gasteiger partial charge is 0.303 e. The van der Waals surface area contributed by atoms with Gasteiger partial charge in [0.25, 0.3) is 0 Å². The molecular weight excluding hydrogens is 425 g/mol. The molecule has 0 spiro atoms. The third kappa shape index (κ3) is 4.06. The van der Waals surface area contributed by atoms with Gasteiger partial charge >= 0.3 is 0 Å². The molecule has 0 aromatic rings. The van der Waals surface area contributed by atoms with E-state index in [1.54, 1.807) is 0 Å². The summed E-state index contributed by atoms with van der Waals surface area (Å²) in [5.74, 6) is 0.313. The first-order chi connectivity index (χ1) is 14.3. The second-order valence-electron chi connectivity index (χ2n) is 8.83.